The van der Waals surface area contributed by atoms with Crippen molar-refractivity contribution in [1.29, 1.82) is 10.8 Å². The van der Waals surface area contributed by atoms with E-state index in [1.165, 1.54) is 14.0 Å². The van der Waals surface area contributed by atoms with E-state index in [9.17, 15) is 40.5 Å². The number of aldehydes is 1. The number of nitrogens with two attached hydrogens (primary N) is 2. The normalized spacial score (nSPS) is 46.3. The second-order valence-corrected chi connectivity index (χ2v) is 9.97. The van der Waals surface area contributed by atoms with Gasteiger partial charge in [-0.25, -0.2) is 0 Å². The number of hydrogen-bond donors (Lipinski definition) is 14. The van der Waals surface area contributed by atoms with E-state index in [0.717, 1.165) is 0 Å². The van der Waals surface area contributed by atoms with Gasteiger partial charge in [0, 0.05) is 0 Å². The molecule has 0 bridgehead atoms. The van der Waals surface area contributed by atoms with Crippen molar-refractivity contribution in [2.45, 2.75) is 98.2 Å². The molecular formula is C21H41CaN7O12. The molecular weight excluding hydrogens is 582 g/mol. The molecule has 234 valence electrons. The average Bonchev–Trinajstić information content (AvgIpc) is 3.13. The molecule has 1 saturated carbocycles. The molecule has 3 aliphatic rings. The molecule has 41 heavy (non-hydrogen) atoms. The van der Waals surface area contributed by atoms with Crippen molar-refractivity contribution >= 4 is 55.9 Å². The number of aliphatic hydroxyl groups is 7. The summed E-state index contributed by atoms with van der Waals surface area (Å²) in [6, 6.07) is -3.95. The van der Waals surface area contributed by atoms with Crippen LogP contribution in [0.5, 0.6) is 0 Å². The molecule has 20 heteroatoms. The van der Waals surface area contributed by atoms with E-state index in [-0.39, 0.29) is 44.0 Å². The Morgan fingerprint density at radius 3 is 1.98 bits per heavy atom. The number of aliphatic hydroxyl groups excluding tert-OH is 6. The SMILES string of the molecule is CN[C@@H]1[C@H](O[C@H]2[C@H](O[C@H]3[C@H](O)[C@@H](O)[C@H](NC(=N)N)[C@@H](O)[C@@H]3NC(=N)N)O[C@@H](C)[C@]2(O)C=O)O[C@@H](CO)[C@H](O)[C@H]1O.[CaH2]. The summed E-state index contributed by atoms with van der Waals surface area (Å²) >= 11 is 0. The second kappa shape index (κ2) is 14.6. The summed E-state index contributed by atoms with van der Waals surface area (Å²) in [6.07, 6.45) is -17.3. The summed E-state index contributed by atoms with van der Waals surface area (Å²) in [7, 11) is 1.41. The van der Waals surface area contributed by atoms with Gasteiger partial charge in [-0.3, -0.25) is 15.6 Å². The molecule has 15 atom stereocenters. The summed E-state index contributed by atoms with van der Waals surface area (Å²) in [5, 5.41) is 96.4. The van der Waals surface area contributed by atoms with Crippen LogP contribution in [0.25, 0.3) is 0 Å². The second-order valence-electron chi connectivity index (χ2n) is 9.97. The van der Waals surface area contributed by atoms with E-state index >= 15 is 0 Å². The van der Waals surface area contributed by atoms with Crippen LogP contribution in [-0.2, 0) is 23.7 Å². The zero-order valence-electron chi connectivity index (χ0n) is 21.7. The molecule has 16 N–H and O–H groups in total. The molecule has 19 nitrogen and oxygen atoms in total. The monoisotopic (exact) mass is 623 g/mol. The molecule has 0 aromatic carbocycles. The van der Waals surface area contributed by atoms with Gasteiger partial charge in [-0.15, -0.1) is 0 Å². The maximum absolute atomic E-state index is 12.1. The third-order valence-corrected chi connectivity index (χ3v) is 7.46. The van der Waals surface area contributed by atoms with Crippen LogP contribution in [0.15, 0.2) is 0 Å². The van der Waals surface area contributed by atoms with Crippen molar-refractivity contribution in [2.75, 3.05) is 13.7 Å². The van der Waals surface area contributed by atoms with Crippen LogP contribution >= 0.6 is 0 Å². The summed E-state index contributed by atoms with van der Waals surface area (Å²) in [4.78, 5) is 12.1. The van der Waals surface area contributed by atoms with E-state index < -0.39 is 110 Å². The Kier molecular flexibility index (Phi) is 12.9. The van der Waals surface area contributed by atoms with Gasteiger partial charge in [-0.05, 0) is 14.0 Å². The number of carbonyl (C=O) groups is 1. The number of hydrogen-bond acceptors (Lipinski definition) is 15. The third-order valence-electron chi connectivity index (χ3n) is 7.46. The molecule has 0 unspecified atom stereocenters. The molecule has 1 aliphatic carbocycles. The number of nitrogens with one attached hydrogen (secondary N) is 5. The van der Waals surface area contributed by atoms with Crippen molar-refractivity contribution in [3.05, 3.63) is 0 Å². The van der Waals surface area contributed by atoms with Crippen LogP contribution in [0, 0.1) is 10.8 Å². The fourth-order valence-corrected chi connectivity index (χ4v) is 5.18. The van der Waals surface area contributed by atoms with Crippen LogP contribution in [-0.4, -0.2) is 197 Å². The molecule has 0 spiro atoms. The minimum absolute atomic E-state index is 0. The molecule has 0 radical (unpaired) electrons. The van der Waals surface area contributed by atoms with Gasteiger partial charge in [0.2, 0.25) is 0 Å². The van der Waals surface area contributed by atoms with Crippen LogP contribution in [0.2, 0.25) is 0 Å². The van der Waals surface area contributed by atoms with Crippen LogP contribution in [0.4, 0.5) is 0 Å². The summed E-state index contributed by atoms with van der Waals surface area (Å²) < 4.78 is 22.9. The molecule has 2 aliphatic heterocycles. The zero-order valence-corrected chi connectivity index (χ0v) is 21.7. The molecule has 3 fully saturated rings. The first-order chi connectivity index (χ1) is 18.7. The van der Waals surface area contributed by atoms with Gasteiger partial charge in [0.25, 0.3) is 0 Å². The quantitative estimate of drug-likeness (QED) is 0.0490. The van der Waals surface area contributed by atoms with E-state index in [1.807, 2.05) is 0 Å². The van der Waals surface area contributed by atoms with Gasteiger partial charge in [0.05, 0.1) is 36.9 Å². The van der Waals surface area contributed by atoms with Crippen molar-refractivity contribution in [3.8, 4) is 0 Å². The fraction of sp³-hybridized carbons (Fsp3) is 0.857. The van der Waals surface area contributed by atoms with Crippen molar-refractivity contribution in [3.63, 3.8) is 0 Å². The van der Waals surface area contributed by atoms with Gasteiger partial charge >= 0.3 is 37.7 Å². The van der Waals surface area contributed by atoms with Gasteiger partial charge < -0.3 is 82.1 Å². The molecule has 2 heterocycles. The molecule has 3 rings (SSSR count). The van der Waals surface area contributed by atoms with Crippen LogP contribution in [0.3, 0.4) is 0 Å². The van der Waals surface area contributed by atoms with Gasteiger partial charge in [-0.1, -0.05) is 0 Å². The Morgan fingerprint density at radius 2 is 1.46 bits per heavy atom. The zero-order chi connectivity index (χ0) is 30.1. The van der Waals surface area contributed by atoms with Gasteiger partial charge in [0.15, 0.2) is 36.4 Å². The third kappa shape index (κ3) is 7.21. The Balaban J connectivity index is 0.00000588. The van der Waals surface area contributed by atoms with Gasteiger partial charge in [-0.2, -0.15) is 0 Å². The minimum atomic E-state index is -2.39. The first kappa shape index (κ1) is 36.2. The molecule has 0 amide bonds. The first-order valence-electron chi connectivity index (χ1n) is 12.4. The maximum atomic E-state index is 12.1. The Bertz CT molecular complexity index is 928. The van der Waals surface area contributed by atoms with Gasteiger partial charge in [0.1, 0.15) is 42.7 Å². The Labute approximate surface area is 264 Å². The fourth-order valence-electron chi connectivity index (χ4n) is 5.18. The number of rotatable bonds is 9. The van der Waals surface area contributed by atoms with E-state index in [1.54, 1.807) is 0 Å². The van der Waals surface area contributed by atoms with Crippen LogP contribution in [0.1, 0.15) is 6.92 Å². The van der Waals surface area contributed by atoms with Crippen molar-refractivity contribution in [2.24, 2.45) is 11.5 Å². The number of likely N-dealkylation sites (N-methyl/N-ethyl adjacent to an activating group) is 1. The summed E-state index contributed by atoms with van der Waals surface area (Å²) in [5.41, 5.74) is 8.38. The summed E-state index contributed by atoms with van der Waals surface area (Å²) in [5.74, 6) is -1.29. The molecule has 0 aromatic heterocycles. The topological polar surface area (TPSA) is 331 Å². The molecule has 0 aromatic rings. The number of ether oxygens (including phenoxy) is 4. The Morgan fingerprint density at radius 1 is 0.902 bits per heavy atom. The average molecular weight is 624 g/mol. The van der Waals surface area contributed by atoms with E-state index in [0.29, 0.717) is 0 Å². The predicted octanol–water partition coefficient (Wildman–Crippen LogP) is -8.66. The standard InChI is InChI=1S/C21H39N7O12.Ca.2H/c1-5-21(36,4-30)16(40-17-9(26-2)13(34)10(31)6(3-29)38-17)18(37-5)39-15-8(28-20(24)25)11(32)7(27-19(22)23)12(33)14(15)35;;;/h4-18,26,29,31-36H,3H2,1-2H3,(H4,22,23,27)(H4,24,25,28);;;/t5-,6-,7+,8-,9-,10-,11+,12-,13-,14+,15+,16-,17-,18-,21+;;;/m0.../s1. The van der Waals surface area contributed by atoms with Crippen LogP contribution < -0.4 is 27.4 Å². The number of carbonyl (C=O) groups excluding carboxylic acids is 1. The van der Waals surface area contributed by atoms with E-state index in [4.69, 9.17) is 41.2 Å². The van der Waals surface area contributed by atoms with Crippen molar-refractivity contribution < 1.29 is 59.5 Å². The number of guanidine groups is 2. The van der Waals surface area contributed by atoms with Crippen molar-refractivity contribution in [1.82, 2.24) is 16.0 Å². The molecule has 2 saturated heterocycles. The Hall–Kier alpha value is -1.01. The summed E-state index contributed by atoms with van der Waals surface area (Å²) in [6.45, 7) is 0.613. The predicted molar refractivity (Wildman–Crippen MR) is 140 cm³/mol. The van der Waals surface area contributed by atoms with E-state index in [2.05, 4.69) is 16.0 Å². The first-order valence-corrected chi connectivity index (χ1v) is 12.4.